The number of aryl methyl sites for hydroxylation is 1. The van der Waals surface area contributed by atoms with Crippen LogP contribution in [-0.4, -0.2) is 13.5 Å². The van der Waals surface area contributed by atoms with E-state index in [1.807, 2.05) is 6.92 Å². The smallest absolute Gasteiger partial charge is 0.339 e. The van der Waals surface area contributed by atoms with E-state index >= 15 is 0 Å². The first-order valence-corrected chi connectivity index (χ1v) is 7.13. The Balaban J connectivity index is 2.24. The van der Waals surface area contributed by atoms with Gasteiger partial charge in [0, 0.05) is 0 Å². The number of aliphatic hydroxyl groups is 1. The summed E-state index contributed by atoms with van der Waals surface area (Å²) >= 11 is 0. The third-order valence-electron chi connectivity index (χ3n) is 2.62. The Kier molecular flexibility index (Phi) is 3.87. The summed E-state index contributed by atoms with van der Waals surface area (Å²) in [4.78, 5) is 0.0604. The van der Waals surface area contributed by atoms with Crippen LogP contribution in [0, 0.1) is 6.92 Å². The van der Waals surface area contributed by atoms with Crippen molar-refractivity contribution in [3.05, 3.63) is 59.7 Å². The Morgan fingerprint density at radius 3 is 2.11 bits per heavy atom. The Bertz CT molecular complexity index is 643. The molecule has 0 unspecified atom stereocenters. The molecule has 0 heterocycles. The van der Waals surface area contributed by atoms with Crippen LogP contribution in [0.1, 0.15) is 11.1 Å². The van der Waals surface area contributed by atoms with Crippen LogP contribution in [0.4, 0.5) is 0 Å². The summed E-state index contributed by atoms with van der Waals surface area (Å²) in [6.45, 7) is 1.78. The zero-order valence-electron chi connectivity index (χ0n) is 10.4. The average molecular weight is 278 g/mol. The van der Waals surface area contributed by atoms with Gasteiger partial charge in [-0.15, -0.1) is 0 Å². The summed E-state index contributed by atoms with van der Waals surface area (Å²) in [7, 11) is -3.83. The number of aliphatic hydroxyl groups excluding tert-OH is 1. The first-order valence-electron chi connectivity index (χ1n) is 5.72. The lowest BCUT2D eigenvalue weighted by molar-refractivity contribution is 0.281. The van der Waals surface area contributed by atoms with Crippen molar-refractivity contribution in [2.75, 3.05) is 0 Å². The SMILES string of the molecule is Cc1ccc(OS(=O)(=O)c2ccc(CO)cc2)cc1. The maximum Gasteiger partial charge on any atom is 0.339 e. The summed E-state index contributed by atoms with van der Waals surface area (Å²) < 4.78 is 29.0. The van der Waals surface area contributed by atoms with Crippen LogP contribution < -0.4 is 4.18 Å². The molecule has 0 atom stereocenters. The average Bonchev–Trinajstić information content (AvgIpc) is 2.41. The highest BCUT2D eigenvalue weighted by Crippen LogP contribution is 2.19. The monoisotopic (exact) mass is 278 g/mol. The zero-order chi connectivity index (χ0) is 13.9. The van der Waals surface area contributed by atoms with Crippen molar-refractivity contribution in [3.63, 3.8) is 0 Å². The minimum absolute atomic E-state index is 0.0604. The van der Waals surface area contributed by atoms with Gasteiger partial charge in [-0.05, 0) is 36.8 Å². The molecule has 0 aliphatic heterocycles. The summed E-state index contributed by atoms with van der Waals surface area (Å²) in [5, 5.41) is 8.91. The predicted molar refractivity (Wildman–Crippen MR) is 71.4 cm³/mol. The molecule has 0 saturated heterocycles. The number of hydrogen-bond acceptors (Lipinski definition) is 4. The van der Waals surface area contributed by atoms with Crippen LogP contribution in [0.2, 0.25) is 0 Å². The van der Waals surface area contributed by atoms with Crippen molar-refractivity contribution in [2.45, 2.75) is 18.4 Å². The molecule has 100 valence electrons. The topological polar surface area (TPSA) is 63.6 Å². The lowest BCUT2D eigenvalue weighted by atomic mass is 10.2. The maximum atomic E-state index is 12.0. The third kappa shape index (κ3) is 3.33. The van der Waals surface area contributed by atoms with Crippen molar-refractivity contribution in [1.82, 2.24) is 0 Å². The molecule has 2 rings (SSSR count). The molecule has 0 fully saturated rings. The number of hydrogen-bond donors (Lipinski definition) is 1. The largest absolute Gasteiger partial charge is 0.392 e. The van der Waals surface area contributed by atoms with Gasteiger partial charge in [0.05, 0.1) is 6.61 Å². The highest BCUT2D eigenvalue weighted by Gasteiger charge is 2.16. The molecule has 19 heavy (non-hydrogen) atoms. The fourth-order valence-electron chi connectivity index (χ4n) is 1.53. The molecule has 0 aromatic heterocycles. The van der Waals surface area contributed by atoms with Gasteiger partial charge in [-0.2, -0.15) is 8.42 Å². The van der Waals surface area contributed by atoms with E-state index in [-0.39, 0.29) is 17.3 Å². The van der Waals surface area contributed by atoms with E-state index in [1.54, 1.807) is 36.4 Å². The molecule has 1 N–H and O–H groups in total. The van der Waals surface area contributed by atoms with Gasteiger partial charge in [-0.3, -0.25) is 0 Å². The second kappa shape index (κ2) is 5.42. The normalized spacial score (nSPS) is 11.3. The summed E-state index contributed by atoms with van der Waals surface area (Å²) in [5.74, 6) is 0.275. The molecule has 0 aliphatic rings. The lowest BCUT2D eigenvalue weighted by Gasteiger charge is -2.07. The van der Waals surface area contributed by atoms with Gasteiger partial charge in [0.2, 0.25) is 0 Å². The van der Waals surface area contributed by atoms with E-state index in [4.69, 9.17) is 9.29 Å². The van der Waals surface area contributed by atoms with Gasteiger partial charge in [-0.25, -0.2) is 0 Å². The minimum atomic E-state index is -3.83. The molecular formula is C14H14O4S. The van der Waals surface area contributed by atoms with Gasteiger partial charge < -0.3 is 9.29 Å². The Labute approximate surface area is 112 Å². The molecule has 0 saturated carbocycles. The summed E-state index contributed by atoms with van der Waals surface area (Å²) in [6, 6.07) is 12.7. The zero-order valence-corrected chi connectivity index (χ0v) is 11.2. The van der Waals surface area contributed by atoms with Crippen molar-refractivity contribution in [3.8, 4) is 5.75 Å². The fraction of sp³-hybridized carbons (Fsp3) is 0.143. The van der Waals surface area contributed by atoms with Crippen LogP contribution in [-0.2, 0) is 16.7 Å². The van der Waals surface area contributed by atoms with Crippen LogP contribution >= 0.6 is 0 Å². The maximum absolute atomic E-state index is 12.0. The van der Waals surface area contributed by atoms with E-state index in [0.717, 1.165) is 5.56 Å². The molecule has 0 spiro atoms. The van der Waals surface area contributed by atoms with Gasteiger partial charge >= 0.3 is 10.1 Å². The van der Waals surface area contributed by atoms with Gasteiger partial charge in [0.25, 0.3) is 0 Å². The highest BCUT2D eigenvalue weighted by molar-refractivity contribution is 7.87. The van der Waals surface area contributed by atoms with Crippen molar-refractivity contribution >= 4 is 10.1 Å². The molecule has 2 aromatic carbocycles. The third-order valence-corrected chi connectivity index (χ3v) is 3.88. The van der Waals surface area contributed by atoms with Crippen LogP contribution in [0.15, 0.2) is 53.4 Å². The standard InChI is InChI=1S/C14H14O4S/c1-11-2-6-13(7-3-11)18-19(16,17)14-8-4-12(10-15)5-9-14/h2-9,15H,10H2,1H3. The Morgan fingerprint density at radius 2 is 1.58 bits per heavy atom. The lowest BCUT2D eigenvalue weighted by Crippen LogP contribution is -2.09. The van der Waals surface area contributed by atoms with E-state index in [9.17, 15) is 8.42 Å². The molecule has 5 heteroatoms. The second-order valence-corrected chi connectivity index (χ2v) is 5.70. The van der Waals surface area contributed by atoms with Crippen LogP contribution in [0.5, 0.6) is 5.75 Å². The molecule has 0 bridgehead atoms. The van der Waals surface area contributed by atoms with Crippen molar-refractivity contribution < 1.29 is 17.7 Å². The molecule has 0 aliphatic carbocycles. The van der Waals surface area contributed by atoms with E-state index in [2.05, 4.69) is 0 Å². The Morgan fingerprint density at radius 1 is 1.00 bits per heavy atom. The van der Waals surface area contributed by atoms with Crippen molar-refractivity contribution in [1.29, 1.82) is 0 Å². The second-order valence-electron chi connectivity index (χ2n) is 4.15. The molecule has 4 nitrogen and oxygen atoms in total. The van der Waals surface area contributed by atoms with Gasteiger partial charge in [0.1, 0.15) is 10.6 Å². The molecular weight excluding hydrogens is 264 g/mol. The first kappa shape index (κ1) is 13.6. The van der Waals surface area contributed by atoms with E-state index in [0.29, 0.717) is 5.56 Å². The fourth-order valence-corrected chi connectivity index (χ4v) is 2.46. The molecule has 2 aromatic rings. The van der Waals surface area contributed by atoms with Crippen LogP contribution in [0.3, 0.4) is 0 Å². The molecule has 0 amide bonds. The van der Waals surface area contributed by atoms with E-state index in [1.165, 1.54) is 12.1 Å². The summed E-state index contributed by atoms with van der Waals surface area (Å²) in [6.07, 6.45) is 0. The van der Waals surface area contributed by atoms with Crippen molar-refractivity contribution in [2.24, 2.45) is 0 Å². The highest BCUT2D eigenvalue weighted by atomic mass is 32.2. The van der Waals surface area contributed by atoms with Crippen LogP contribution in [0.25, 0.3) is 0 Å². The molecule has 0 radical (unpaired) electrons. The van der Waals surface area contributed by atoms with E-state index < -0.39 is 10.1 Å². The van der Waals surface area contributed by atoms with Gasteiger partial charge in [0.15, 0.2) is 0 Å². The first-order chi connectivity index (χ1) is 9.01. The number of rotatable bonds is 4. The quantitative estimate of drug-likeness (QED) is 0.871. The predicted octanol–water partition coefficient (Wildman–Crippen LogP) is 2.26. The summed E-state index contributed by atoms with van der Waals surface area (Å²) in [5.41, 5.74) is 1.67. The number of benzene rings is 2. The Hall–Kier alpha value is -1.85. The minimum Gasteiger partial charge on any atom is -0.392 e. The van der Waals surface area contributed by atoms with Gasteiger partial charge in [-0.1, -0.05) is 29.8 Å².